The predicted octanol–water partition coefficient (Wildman–Crippen LogP) is 3.97. The Morgan fingerprint density at radius 3 is 2.07 bits per heavy atom. The highest BCUT2D eigenvalue weighted by atomic mass is 32.2. The number of hydrogen-bond donors (Lipinski definition) is 0. The highest BCUT2D eigenvalue weighted by molar-refractivity contribution is 7.99. The molecule has 3 rings (SSSR count). The molecule has 3 heterocycles. The summed E-state index contributed by atoms with van der Waals surface area (Å²) in [5, 5.41) is 9.78. The molecular weight excluding hydrogens is 417 g/mol. The van der Waals surface area contributed by atoms with Gasteiger partial charge in [-0.3, -0.25) is 0 Å². The lowest BCUT2D eigenvalue weighted by molar-refractivity contribution is -0.361. The van der Waals surface area contributed by atoms with Gasteiger partial charge in [0.15, 0.2) is 10.8 Å². The van der Waals surface area contributed by atoms with Crippen LogP contribution < -0.4 is 0 Å². The summed E-state index contributed by atoms with van der Waals surface area (Å²) < 4.78 is 92.1. The highest BCUT2D eigenvalue weighted by Gasteiger charge is 2.75. The Hall–Kier alpha value is -2.51. The van der Waals surface area contributed by atoms with E-state index in [0.717, 1.165) is 17.8 Å². The Morgan fingerprint density at radius 1 is 0.893 bits per heavy atom. The SMILES string of the molecule is Cc1cc(C)nc(Sc2ccc3nnc(C(F)(F)C(F)(F)C(F)(F)F)n3n2)n1. The first-order valence-corrected chi connectivity index (χ1v) is 8.20. The van der Waals surface area contributed by atoms with Crippen LogP contribution in [0.2, 0.25) is 0 Å². The van der Waals surface area contributed by atoms with E-state index < -0.39 is 29.5 Å². The van der Waals surface area contributed by atoms with Gasteiger partial charge in [0.1, 0.15) is 5.03 Å². The number of alkyl halides is 7. The number of nitrogens with zero attached hydrogens (tertiary/aromatic N) is 6. The standard InChI is InChI=1S/C14H9F7N6S/c1-6-5-7(2)23-11(22-6)28-9-4-3-8-24-25-10(27(8)26-9)12(15,16)13(17,18)14(19,20)21/h3-5H,1-2H3. The Labute approximate surface area is 156 Å². The summed E-state index contributed by atoms with van der Waals surface area (Å²) in [5.41, 5.74) is 0.785. The van der Waals surface area contributed by atoms with E-state index in [4.69, 9.17) is 0 Å². The summed E-state index contributed by atoms with van der Waals surface area (Å²) in [6.07, 6.45) is -6.50. The van der Waals surface area contributed by atoms with Gasteiger partial charge < -0.3 is 0 Å². The van der Waals surface area contributed by atoms with Crippen molar-refractivity contribution in [1.29, 1.82) is 0 Å². The first-order valence-electron chi connectivity index (χ1n) is 7.38. The average Bonchev–Trinajstić information content (AvgIpc) is 2.96. The molecule has 0 aliphatic rings. The monoisotopic (exact) mass is 426 g/mol. The van der Waals surface area contributed by atoms with E-state index in [2.05, 4.69) is 25.3 Å². The van der Waals surface area contributed by atoms with E-state index in [1.54, 1.807) is 19.9 Å². The lowest BCUT2D eigenvalue weighted by Gasteiger charge is -2.26. The van der Waals surface area contributed by atoms with Crippen LogP contribution in [0.3, 0.4) is 0 Å². The van der Waals surface area contributed by atoms with Gasteiger partial charge in [-0.25, -0.2) is 9.97 Å². The molecule has 14 heteroatoms. The fraction of sp³-hybridized carbons (Fsp3) is 0.357. The zero-order chi connectivity index (χ0) is 20.9. The molecule has 3 aromatic rings. The van der Waals surface area contributed by atoms with Gasteiger partial charge in [0.25, 0.3) is 0 Å². The predicted molar refractivity (Wildman–Crippen MR) is 81.3 cm³/mol. The molecule has 0 atom stereocenters. The summed E-state index contributed by atoms with van der Waals surface area (Å²) in [6.45, 7) is 3.38. The van der Waals surface area contributed by atoms with Crippen molar-refractivity contribution in [1.82, 2.24) is 29.8 Å². The van der Waals surface area contributed by atoms with Crippen LogP contribution in [0.5, 0.6) is 0 Å². The van der Waals surface area contributed by atoms with E-state index >= 15 is 0 Å². The fourth-order valence-electron chi connectivity index (χ4n) is 2.17. The maximum absolute atomic E-state index is 14.0. The summed E-state index contributed by atoms with van der Waals surface area (Å²) >= 11 is 0.802. The van der Waals surface area contributed by atoms with Crippen molar-refractivity contribution < 1.29 is 30.7 Å². The minimum Gasteiger partial charge on any atom is -0.228 e. The highest BCUT2D eigenvalue weighted by Crippen LogP contribution is 2.51. The first kappa shape index (κ1) is 20.2. The minimum atomic E-state index is -6.50. The van der Waals surface area contributed by atoms with Gasteiger partial charge in [-0.1, -0.05) is 0 Å². The second-order valence-electron chi connectivity index (χ2n) is 5.65. The molecule has 0 bridgehead atoms. The van der Waals surface area contributed by atoms with Crippen molar-refractivity contribution in [3.63, 3.8) is 0 Å². The molecule has 3 aromatic heterocycles. The third-order valence-corrected chi connectivity index (χ3v) is 4.22. The van der Waals surface area contributed by atoms with E-state index in [0.29, 0.717) is 11.4 Å². The lowest BCUT2D eigenvalue weighted by Crippen LogP contribution is -2.51. The van der Waals surface area contributed by atoms with E-state index in [1.165, 1.54) is 6.07 Å². The maximum atomic E-state index is 14.0. The van der Waals surface area contributed by atoms with Crippen molar-refractivity contribution in [2.45, 2.75) is 42.1 Å². The molecule has 0 aliphatic heterocycles. The molecule has 0 radical (unpaired) electrons. The Balaban J connectivity index is 2.06. The molecule has 0 aromatic carbocycles. The summed E-state index contributed by atoms with van der Waals surface area (Å²) in [7, 11) is 0. The Bertz CT molecular complexity index is 1010. The van der Waals surface area contributed by atoms with Gasteiger partial charge in [0, 0.05) is 11.4 Å². The number of fused-ring (bicyclic) bond motifs is 1. The van der Waals surface area contributed by atoms with Crippen LogP contribution in [0.25, 0.3) is 5.65 Å². The Kier molecular flexibility index (Phi) is 4.72. The molecule has 0 N–H and O–H groups in total. The largest absolute Gasteiger partial charge is 0.460 e. The van der Waals surface area contributed by atoms with Crippen molar-refractivity contribution in [3.8, 4) is 0 Å². The third-order valence-electron chi connectivity index (χ3n) is 3.43. The van der Waals surface area contributed by atoms with Crippen molar-refractivity contribution in [3.05, 3.63) is 35.4 Å². The second-order valence-corrected chi connectivity index (χ2v) is 6.63. The number of aromatic nitrogens is 6. The van der Waals surface area contributed by atoms with Gasteiger partial charge in [0.2, 0.25) is 5.82 Å². The molecule has 0 aliphatic carbocycles. The normalized spacial score (nSPS) is 13.3. The van der Waals surface area contributed by atoms with Gasteiger partial charge in [-0.05, 0) is 43.8 Å². The third kappa shape index (κ3) is 3.36. The summed E-state index contributed by atoms with van der Waals surface area (Å²) in [6, 6.07) is 4.06. The molecular formula is C14H9F7N6S. The molecule has 0 spiro atoms. The first-order chi connectivity index (χ1) is 12.8. The molecule has 0 amide bonds. The molecule has 0 saturated carbocycles. The van der Waals surface area contributed by atoms with Crippen molar-refractivity contribution >= 4 is 17.4 Å². The minimum absolute atomic E-state index is 0.0373. The summed E-state index contributed by atoms with van der Waals surface area (Å²) in [5.74, 6) is -14.0. The summed E-state index contributed by atoms with van der Waals surface area (Å²) in [4.78, 5) is 8.19. The van der Waals surface area contributed by atoms with Crippen LogP contribution in [0.15, 0.2) is 28.4 Å². The zero-order valence-corrected chi connectivity index (χ0v) is 14.8. The number of hydrogen-bond acceptors (Lipinski definition) is 6. The van der Waals surface area contributed by atoms with Crippen LogP contribution in [-0.2, 0) is 5.92 Å². The van der Waals surface area contributed by atoms with Crippen LogP contribution in [-0.4, -0.2) is 41.9 Å². The number of aryl methyl sites for hydroxylation is 2. The van der Waals surface area contributed by atoms with Crippen LogP contribution in [0, 0.1) is 13.8 Å². The molecule has 150 valence electrons. The van der Waals surface area contributed by atoms with E-state index in [1.807, 2.05) is 0 Å². The van der Waals surface area contributed by atoms with Crippen LogP contribution >= 0.6 is 11.8 Å². The molecule has 0 unspecified atom stereocenters. The second kappa shape index (κ2) is 6.53. The van der Waals surface area contributed by atoms with Gasteiger partial charge in [-0.2, -0.15) is 40.3 Å². The van der Waals surface area contributed by atoms with Crippen molar-refractivity contribution in [2.75, 3.05) is 0 Å². The number of rotatable bonds is 4. The zero-order valence-electron chi connectivity index (χ0n) is 14.0. The van der Waals surface area contributed by atoms with Gasteiger partial charge in [0.05, 0.1) is 0 Å². The van der Waals surface area contributed by atoms with Crippen LogP contribution in [0.4, 0.5) is 30.7 Å². The maximum Gasteiger partial charge on any atom is 0.460 e. The molecule has 0 fully saturated rings. The van der Waals surface area contributed by atoms with Crippen molar-refractivity contribution in [2.24, 2.45) is 0 Å². The molecule has 28 heavy (non-hydrogen) atoms. The van der Waals surface area contributed by atoms with Crippen LogP contribution in [0.1, 0.15) is 17.2 Å². The lowest BCUT2D eigenvalue weighted by atomic mass is 10.1. The molecule has 6 nitrogen and oxygen atoms in total. The van der Waals surface area contributed by atoms with E-state index in [-0.39, 0.29) is 14.7 Å². The molecule has 0 saturated heterocycles. The smallest absolute Gasteiger partial charge is 0.228 e. The van der Waals surface area contributed by atoms with E-state index in [9.17, 15) is 30.7 Å². The Morgan fingerprint density at radius 2 is 1.50 bits per heavy atom. The van der Waals surface area contributed by atoms with Gasteiger partial charge >= 0.3 is 18.0 Å². The topological polar surface area (TPSA) is 68.9 Å². The number of halogens is 7. The average molecular weight is 426 g/mol. The van der Waals surface area contributed by atoms with Gasteiger partial charge in [-0.15, -0.1) is 10.2 Å². The quantitative estimate of drug-likeness (QED) is 0.465. The fourth-order valence-corrected chi connectivity index (χ4v) is 3.00.